The molecule has 0 aliphatic heterocycles. The number of carbonyl (C=O) groups is 1. The van der Waals surface area contributed by atoms with Crippen molar-refractivity contribution >= 4 is 11.6 Å². The number of carbonyl (C=O) groups excluding carboxylic acids is 1. The van der Waals surface area contributed by atoms with Crippen LogP contribution in [-0.2, 0) is 6.54 Å². The van der Waals surface area contributed by atoms with Crippen molar-refractivity contribution in [2.45, 2.75) is 13.5 Å². The van der Waals surface area contributed by atoms with Crippen molar-refractivity contribution < 1.29 is 9.18 Å². The van der Waals surface area contributed by atoms with Gasteiger partial charge in [-0.15, -0.1) is 0 Å². The topological polar surface area (TPSA) is 20.3 Å². The van der Waals surface area contributed by atoms with Crippen molar-refractivity contribution in [3.8, 4) is 0 Å². The van der Waals surface area contributed by atoms with E-state index in [1.807, 2.05) is 61.5 Å². The van der Waals surface area contributed by atoms with Crippen molar-refractivity contribution in [3.63, 3.8) is 0 Å². The molecule has 0 heterocycles. The minimum absolute atomic E-state index is 0.0786. The molecule has 0 bridgehead atoms. The molecule has 0 aliphatic rings. The van der Waals surface area contributed by atoms with Crippen LogP contribution < -0.4 is 4.90 Å². The summed E-state index contributed by atoms with van der Waals surface area (Å²) in [5.74, 6) is -0.851. The van der Waals surface area contributed by atoms with Gasteiger partial charge in [0.25, 0.3) is 5.91 Å². The molecule has 0 aliphatic carbocycles. The maximum atomic E-state index is 14.1. The fourth-order valence-electron chi connectivity index (χ4n) is 2.62. The Hall–Kier alpha value is -2.94. The molecule has 0 aromatic heterocycles. The summed E-state index contributed by atoms with van der Waals surface area (Å²) >= 11 is 0. The summed E-state index contributed by atoms with van der Waals surface area (Å²) < 4.78 is 14.1. The van der Waals surface area contributed by atoms with E-state index in [1.165, 1.54) is 12.1 Å². The fourth-order valence-corrected chi connectivity index (χ4v) is 2.62. The zero-order valence-electron chi connectivity index (χ0n) is 13.4. The molecule has 3 heteroatoms. The molecule has 0 unspecified atom stereocenters. The van der Waals surface area contributed by atoms with E-state index in [0.717, 1.165) is 16.8 Å². The number of nitrogens with zero attached hydrogens (tertiary/aromatic N) is 1. The number of aryl methyl sites for hydroxylation is 1. The van der Waals surface area contributed by atoms with Crippen LogP contribution in [0, 0.1) is 12.7 Å². The normalized spacial score (nSPS) is 10.4. The quantitative estimate of drug-likeness (QED) is 0.664. The standard InChI is InChI=1S/C21H18FNO/c1-16-8-7-11-18(14-16)23(15-17-9-3-2-4-10-17)21(24)19-12-5-6-13-20(19)22/h2-14H,15H2,1H3. The predicted molar refractivity (Wildman–Crippen MR) is 94.5 cm³/mol. The van der Waals surface area contributed by atoms with E-state index in [0.29, 0.717) is 6.54 Å². The van der Waals surface area contributed by atoms with E-state index in [1.54, 1.807) is 17.0 Å². The summed E-state index contributed by atoms with van der Waals surface area (Å²) in [6.07, 6.45) is 0. The molecule has 120 valence electrons. The molecular formula is C21H18FNO. The van der Waals surface area contributed by atoms with E-state index in [-0.39, 0.29) is 11.5 Å². The van der Waals surface area contributed by atoms with Crippen molar-refractivity contribution in [1.29, 1.82) is 0 Å². The Labute approximate surface area is 141 Å². The molecule has 0 fully saturated rings. The molecule has 0 saturated carbocycles. The van der Waals surface area contributed by atoms with Crippen molar-refractivity contribution in [3.05, 3.63) is 101 Å². The summed E-state index contributed by atoms with van der Waals surface area (Å²) in [4.78, 5) is 14.6. The molecule has 1 amide bonds. The lowest BCUT2D eigenvalue weighted by Crippen LogP contribution is -2.31. The fraction of sp³-hybridized carbons (Fsp3) is 0.0952. The van der Waals surface area contributed by atoms with Gasteiger partial charge in [0.2, 0.25) is 0 Å². The van der Waals surface area contributed by atoms with Gasteiger partial charge in [-0.05, 0) is 42.3 Å². The molecule has 0 saturated heterocycles. The minimum Gasteiger partial charge on any atom is -0.304 e. The molecule has 0 N–H and O–H groups in total. The van der Waals surface area contributed by atoms with Crippen LogP contribution in [0.2, 0.25) is 0 Å². The lowest BCUT2D eigenvalue weighted by molar-refractivity contribution is 0.0981. The Morgan fingerprint density at radius 3 is 2.33 bits per heavy atom. The minimum atomic E-state index is -0.506. The van der Waals surface area contributed by atoms with Gasteiger partial charge in [0, 0.05) is 5.69 Å². The van der Waals surface area contributed by atoms with Gasteiger partial charge in [-0.3, -0.25) is 4.79 Å². The van der Waals surface area contributed by atoms with Crippen LogP contribution in [0.1, 0.15) is 21.5 Å². The van der Waals surface area contributed by atoms with Crippen molar-refractivity contribution in [1.82, 2.24) is 0 Å². The van der Waals surface area contributed by atoms with Crippen molar-refractivity contribution in [2.75, 3.05) is 4.90 Å². The number of benzene rings is 3. The van der Waals surface area contributed by atoms with Gasteiger partial charge in [0.05, 0.1) is 12.1 Å². The SMILES string of the molecule is Cc1cccc(N(Cc2ccccc2)C(=O)c2ccccc2F)c1. The van der Waals surface area contributed by atoms with Gasteiger partial charge in [0.15, 0.2) is 0 Å². The van der Waals surface area contributed by atoms with E-state index in [9.17, 15) is 9.18 Å². The van der Waals surface area contributed by atoms with Crippen LogP contribution in [0.4, 0.5) is 10.1 Å². The molecule has 3 aromatic carbocycles. The third-order valence-electron chi connectivity index (χ3n) is 3.85. The summed E-state index contributed by atoms with van der Waals surface area (Å²) in [6, 6.07) is 23.5. The lowest BCUT2D eigenvalue weighted by atomic mass is 10.1. The molecule has 0 atom stereocenters. The van der Waals surface area contributed by atoms with Crippen LogP contribution in [0.25, 0.3) is 0 Å². The van der Waals surface area contributed by atoms with Gasteiger partial charge >= 0.3 is 0 Å². The van der Waals surface area contributed by atoms with E-state index in [2.05, 4.69) is 0 Å². The largest absolute Gasteiger partial charge is 0.304 e. The molecule has 3 rings (SSSR count). The number of halogens is 1. The number of amides is 1. The highest BCUT2D eigenvalue weighted by Gasteiger charge is 2.21. The van der Waals surface area contributed by atoms with Crippen LogP contribution in [0.15, 0.2) is 78.9 Å². The molecule has 2 nitrogen and oxygen atoms in total. The highest BCUT2D eigenvalue weighted by molar-refractivity contribution is 6.06. The number of hydrogen-bond acceptors (Lipinski definition) is 1. The summed E-state index contributed by atoms with van der Waals surface area (Å²) in [5, 5.41) is 0. The first-order chi connectivity index (χ1) is 11.6. The van der Waals surface area contributed by atoms with Crippen LogP contribution in [0.3, 0.4) is 0 Å². The highest BCUT2D eigenvalue weighted by atomic mass is 19.1. The zero-order valence-corrected chi connectivity index (χ0v) is 13.4. The average molecular weight is 319 g/mol. The maximum absolute atomic E-state index is 14.1. The third kappa shape index (κ3) is 3.51. The smallest absolute Gasteiger partial charge is 0.261 e. The Balaban J connectivity index is 2.01. The number of anilines is 1. The molecule has 0 radical (unpaired) electrons. The van der Waals surface area contributed by atoms with Gasteiger partial charge in [-0.2, -0.15) is 0 Å². The monoisotopic (exact) mass is 319 g/mol. The number of hydrogen-bond donors (Lipinski definition) is 0. The predicted octanol–water partition coefficient (Wildman–Crippen LogP) is 4.98. The second kappa shape index (κ2) is 7.09. The summed E-state index contributed by atoms with van der Waals surface area (Å²) in [6.45, 7) is 2.36. The van der Waals surface area contributed by atoms with Crippen molar-refractivity contribution in [2.24, 2.45) is 0 Å². The third-order valence-corrected chi connectivity index (χ3v) is 3.85. The first-order valence-corrected chi connectivity index (χ1v) is 7.82. The first kappa shape index (κ1) is 15.9. The molecular weight excluding hydrogens is 301 g/mol. The average Bonchev–Trinajstić information content (AvgIpc) is 2.60. The van der Waals surface area contributed by atoms with Gasteiger partial charge < -0.3 is 4.90 Å². The van der Waals surface area contributed by atoms with Gasteiger partial charge in [0.1, 0.15) is 5.82 Å². The summed E-state index contributed by atoms with van der Waals surface area (Å²) in [7, 11) is 0. The molecule has 24 heavy (non-hydrogen) atoms. The Bertz CT molecular complexity index is 845. The van der Waals surface area contributed by atoms with E-state index < -0.39 is 5.82 Å². The molecule has 0 spiro atoms. The van der Waals surface area contributed by atoms with Crippen LogP contribution in [-0.4, -0.2) is 5.91 Å². The maximum Gasteiger partial charge on any atom is 0.261 e. The lowest BCUT2D eigenvalue weighted by Gasteiger charge is -2.24. The van der Waals surface area contributed by atoms with E-state index >= 15 is 0 Å². The highest BCUT2D eigenvalue weighted by Crippen LogP contribution is 2.22. The zero-order chi connectivity index (χ0) is 16.9. The van der Waals surface area contributed by atoms with E-state index in [4.69, 9.17) is 0 Å². The second-order valence-electron chi connectivity index (χ2n) is 5.70. The summed E-state index contributed by atoms with van der Waals surface area (Å²) in [5.41, 5.74) is 2.87. The molecule has 3 aromatic rings. The Morgan fingerprint density at radius 2 is 1.62 bits per heavy atom. The Morgan fingerprint density at radius 1 is 0.917 bits per heavy atom. The second-order valence-corrected chi connectivity index (χ2v) is 5.70. The van der Waals surface area contributed by atoms with Crippen LogP contribution >= 0.6 is 0 Å². The van der Waals surface area contributed by atoms with Gasteiger partial charge in [-0.1, -0.05) is 54.6 Å². The number of rotatable bonds is 4. The van der Waals surface area contributed by atoms with Gasteiger partial charge in [-0.25, -0.2) is 4.39 Å². The Kier molecular flexibility index (Phi) is 4.71. The van der Waals surface area contributed by atoms with Crippen LogP contribution in [0.5, 0.6) is 0 Å². The first-order valence-electron chi connectivity index (χ1n) is 7.82.